The Labute approximate surface area is 127 Å². The number of amides is 2. The van der Waals surface area contributed by atoms with Crippen molar-refractivity contribution in [3.8, 4) is 0 Å². The second-order valence-corrected chi connectivity index (χ2v) is 5.41. The van der Waals surface area contributed by atoms with Gasteiger partial charge in [0.2, 0.25) is 0 Å². The second kappa shape index (κ2) is 11.1. The van der Waals surface area contributed by atoms with Crippen molar-refractivity contribution in [2.45, 2.75) is 45.6 Å². The van der Waals surface area contributed by atoms with E-state index in [1.54, 1.807) is 11.0 Å². The van der Waals surface area contributed by atoms with Gasteiger partial charge in [0.1, 0.15) is 0 Å². The number of likely N-dealkylation sites (tertiary alicyclic amines) is 1. The lowest BCUT2D eigenvalue weighted by Gasteiger charge is -2.24. The summed E-state index contributed by atoms with van der Waals surface area (Å²) in [4.78, 5) is 24.5. The van der Waals surface area contributed by atoms with Gasteiger partial charge in [-0.3, -0.25) is 9.69 Å². The summed E-state index contributed by atoms with van der Waals surface area (Å²) in [5.41, 5.74) is 5.05. The Morgan fingerprint density at radius 2 is 1.90 bits per heavy atom. The molecule has 2 amide bonds. The van der Waals surface area contributed by atoms with Gasteiger partial charge in [-0.15, -0.1) is 6.58 Å². The number of piperidine rings is 1. The minimum atomic E-state index is -0.746. The third kappa shape index (κ3) is 9.90. The highest BCUT2D eigenvalue weighted by Crippen LogP contribution is 2.07. The average molecular weight is 299 g/mol. The lowest BCUT2D eigenvalue weighted by atomic mass is 10.1. The molecule has 0 spiro atoms. The summed E-state index contributed by atoms with van der Waals surface area (Å²) in [5, 5.41) is 8.46. The Hall–Kier alpha value is -1.56. The number of nitrogens with zero attached hydrogens (tertiary/aromatic N) is 2. The zero-order chi connectivity index (χ0) is 16.3. The Bertz CT molecular complexity index is 326. The first kappa shape index (κ1) is 19.4. The molecule has 3 N–H and O–H groups in total. The van der Waals surface area contributed by atoms with Crippen molar-refractivity contribution in [2.75, 3.05) is 26.2 Å². The van der Waals surface area contributed by atoms with Gasteiger partial charge in [0.25, 0.3) is 0 Å². The predicted molar refractivity (Wildman–Crippen MR) is 84.2 cm³/mol. The first-order valence-electron chi connectivity index (χ1n) is 7.49. The van der Waals surface area contributed by atoms with E-state index in [-0.39, 0.29) is 12.5 Å². The van der Waals surface area contributed by atoms with Crippen molar-refractivity contribution >= 4 is 12.0 Å². The third-order valence-corrected chi connectivity index (χ3v) is 3.37. The van der Waals surface area contributed by atoms with E-state index in [4.69, 9.17) is 10.8 Å². The van der Waals surface area contributed by atoms with Crippen LogP contribution in [0, 0.1) is 0 Å². The van der Waals surface area contributed by atoms with Crippen LogP contribution in [0.2, 0.25) is 0 Å². The quantitative estimate of drug-likeness (QED) is 0.733. The van der Waals surface area contributed by atoms with Crippen LogP contribution in [0.5, 0.6) is 0 Å². The minimum Gasteiger partial charge on any atom is -0.481 e. The summed E-state index contributed by atoms with van der Waals surface area (Å²) in [6, 6.07) is 0.108. The molecule has 6 nitrogen and oxygen atoms in total. The summed E-state index contributed by atoms with van der Waals surface area (Å²) < 4.78 is 0. The molecule has 1 heterocycles. The van der Waals surface area contributed by atoms with Gasteiger partial charge < -0.3 is 15.7 Å². The molecule has 0 radical (unpaired) electrons. The number of rotatable bonds is 6. The van der Waals surface area contributed by atoms with Crippen molar-refractivity contribution in [1.82, 2.24) is 9.80 Å². The first-order chi connectivity index (χ1) is 9.88. The fourth-order valence-corrected chi connectivity index (χ4v) is 2.08. The van der Waals surface area contributed by atoms with Crippen LogP contribution in [-0.4, -0.2) is 59.1 Å². The van der Waals surface area contributed by atoms with Crippen LogP contribution in [0.4, 0.5) is 4.79 Å². The zero-order valence-electron chi connectivity index (χ0n) is 13.3. The Morgan fingerprint density at radius 3 is 2.24 bits per heavy atom. The van der Waals surface area contributed by atoms with Crippen LogP contribution in [-0.2, 0) is 4.79 Å². The smallest absolute Gasteiger partial charge is 0.314 e. The van der Waals surface area contributed by atoms with Gasteiger partial charge >= 0.3 is 12.0 Å². The zero-order valence-corrected chi connectivity index (χ0v) is 13.3. The standard InChI is InChI=1S/C9H17NO2.C6H12N2O/c1-4-6-10(8(2)3)7-5-9(11)12;7-6(9)8-4-2-1-3-5-8/h4,8H,1,5-7H2,2-3H3,(H,11,12);1-5H2,(H2,7,9). The molecule has 1 aliphatic heterocycles. The SMILES string of the molecule is C=CCN(CCC(=O)O)C(C)C.NC(=O)N1CCCCC1. The van der Waals surface area contributed by atoms with Crippen molar-refractivity contribution in [2.24, 2.45) is 5.73 Å². The fraction of sp³-hybridized carbons (Fsp3) is 0.733. The number of carbonyl (C=O) groups excluding carboxylic acids is 1. The van der Waals surface area contributed by atoms with Gasteiger partial charge in [-0.05, 0) is 33.1 Å². The van der Waals surface area contributed by atoms with Gasteiger partial charge in [-0.25, -0.2) is 4.79 Å². The van der Waals surface area contributed by atoms with Crippen molar-refractivity contribution in [1.29, 1.82) is 0 Å². The van der Waals surface area contributed by atoms with Gasteiger partial charge in [-0.1, -0.05) is 6.08 Å². The topological polar surface area (TPSA) is 86.9 Å². The predicted octanol–water partition coefficient (Wildman–Crippen LogP) is 1.91. The number of hydrogen-bond donors (Lipinski definition) is 2. The van der Waals surface area contributed by atoms with E-state index in [1.807, 2.05) is 13.8 Å². The number of carbonyl (C=O) groups is 2. The molecule has 1 saturated heterocycles. The first-order valence-corrected chi connectivity index (χ1v) is 7.49. The van der Waals surface area contributed by atoms with E-state index < -0.39 is 5.97 Å². The molecule has 0 unspecified atom stereocenters. The molecule has 0 saturated carbocycles. The molecular weight excluding hydrogens is 270 g/mol. The number of nitrogens with two attached hydrogens (primary N) is 1. The lowest BCUT2D eigenvalue weighted by Crippen LogP contribution is -2.39. The van der Waals surface area contributed by atoms with Crippen LogP contribution >= 0.6 is 0 Å². The Morgan fingerprint density at radius 1 is 1.33 bits per heavy atom. The van der Waals surface area contributed by atoms with Gasteiger partial charge in [-0.2, -0.15) is 0 Å². The van der Waals surface area contributed by atoms with Gasteiger partial charge in [0, 0.05) is 32.2 Å². The molecule has 1 rings (SSSR count). The molecule has 0 atom stereocenters. The molecule has 21 heavy (non-hydrogen) atoms. The van der Waals surface area contributed by atoms with E-state index >= 15 is 0 Å². The molecule has 0 bridgehead atoms. The van der Waals surface area contributed by atoms with Crippen LogP contribution < -0.4 is 5.73 Å². The Balaban J connectivity index is 0.000000394. The van der Waals surface area contributed by atoms with Gasteiger partial charge in [0.05, 0.1) is 6.42 Å². The second-order valence-electron chi connectivity index (χ2n) is 5.41. The number of primary amides is 1. The highest BCUT2D eigenvalue weighted by atomic mass is 16.4. The van der Waals surface area contributed by atoms with Crippen molar-refractivity contribution in [3.05, 3.63) is 12.7 Å². The van der Waals surface area contributed by atoms with Crippen LogP contribution in [0.25, 0.3) is 0 Å². The molecule has 122 valence electrons. The van der Waals surface area contributed by atoms with E-state index in [0.29, 0.717) is 12.6 Å². The summed E-state index contributed by atoms with van der Waals surface area (Å²) in [6.07, 6.45) is 5.46. The van der Waals surface area contributed by atoms with Gasteiger partial charge in [0.15, 0.2) is 0 Å². The largest absolute Gasteiger partial charge is 0.481 e. The fourth-order valence-electron chi connectivity index (χ4n) is 2.08. The maximum Gasteiger partial charge on any atom is 0.314 e. The molecule has 0 aromatic heterocycles. The molecular formula is C15H29N3O3. The molecule has 1 aliphatic rings. The Kier molecular flexibility index (Phi) is 10.3. The highest BCUT2D eigenvalue weighted by Gasteiger charge is 2.12. The van der Waals surface area contributed by atoms with Crippen LogP contribution in [0.3, 0.4) is 0 Å². The summed E-state index contributed by atoms with van der Waals surface area (Å²) in [6.45, 7) is 10.8. The van der Waals surface area contributed by atoms with Crippen LogP contribution in [0.15, 0.2) is 12.7 Å². The van der Waals surface area contributed by atoms with E-state index in [9.17, 15) is 9.59 Å². The minimum absolute atomic E-state index is 0.200. The number of carboxylic acids is 1. The number of hydrogen-bond acceptors (Lipinski definition) is 3. The van der Waals surface area contributed by atoms with E-state index in [1.165, 1.54) is 6.42 Å². The summed E-state index contributed by atoms with van der Waals surface area (Å²) in [5.74, 6) is -0.746. The highest BCUT2D eigenvalue weighted by molar-refractivity contribution is 5.72. The lowest BCUT2D eigenvalue weighted by molar-refractivity contribution is -0.137. The van der Waals surface area contributed by atoms with Crippen molar-refractivity contribution in [3.63, 3.8) is 0 Å². The number of carboxylic acid groups (broad SMARTS) is 1. The maximum atomic E-state index is 10.5. The normalized spacial score (nSPS) is 14.6. The third-order valence-electron chi connectivity index (χ3n) is 3.37. The maximum absolute atomic E-state index is 10.5. The average Bonchev–Trinajstić information content (AvgIpc) is 2.44. The number of urea groups is 1. The summed E-state index contributed by atoms with van der Waals surface area (Å²) in [7, 11) is 0. The molecule has 0 aromatic carbocycles. The molecule has 0 aliphatic carbocycles. The number of aliphatic carboxylic acids is 1. The summed E-state index contributed by atoms with van der Waals surface area (Å²) >= 11 is 0. The van der Waals surface area contributed by atoms with E-state index in [2.05, 4.69) is 11.5 Å². The van der Waals surface area contributed by atoms with Crippen molar-refractivity contribution < 1.29 is 14.7 Å². The molecule has 1 fully saturated rings. The van der Waals surface area contributed by atoms with Crippen LogP contribution in [0.1, 0.15) is 39.5 Å². The molecule has 0 aromatic rings. The monoisotopic (exact) mass is 299 g/mol. The molecule has 6 heteroatoms. The van der Waals surface area contributed by atoms with E-state index in [0.717, 1.165) is 32.5 Å².